The highest BCUT2D eigenvalue weighted by Crippen LogP contribution is 2.22. The third kappa shape index (κ3) is 3.81. The zero-order valence-corrected chi connectivity index (χ0v) is 11.9. The molecule has 0 amide bonds. The van der Waals surface area contributed by atoms with Crippen LogP contribution in [0.3, 0.4) is 0 Å². The molecule has 19 heavy (non-hydrogen) atoms. The molecule has 0 saturated carbocycles. The molecule has 0 aliphatic heterocycles. The maximum absolute atomic E-state index is 11.8. The van der Waals surface area contributed by atoms with Crippen LogP contribution in [0, 0.1) is 10.8 Å². The molecule has 1 N–H and O–H groups in total. The first-order valence-electron chi connectivity index (χ1n) is 6.29. The number of carbonyl (C=O) groups is 1. The minimum atomic E-state index is -0.893. The Hall–Kier alpha value is -1.84. The van der Waals surface area contributed by atoms with Gasteiger partial charge in [0, 0.05) is 12.1 Å². The molecule has 1 aromatic rings. The van der Waals surface area contributed by atoms with Gasteiger partial charge in [-0.25, -0.2) is 0 Å². The van der Waals surface area contributed by atoms with Crippen molar-refractivity contribution in [2.45, 2.75) is 27.2 Å². The third-order valence-corrected chi connectivity index (χ3v) is 3.08. The van der Waals surface area contributed by atoms with E-state index in [0.717, 1.165) is 11.3 Å². The van der Waals surface area contributed by atoms with Crippen molar-refractivity contribution in [2.75, 3.05) is 13.7 Å². The summed E-state index contributed by atoms with van der Waals surface area (Å²) in [5.41, 5.74) is 0.426. The van der Waals surface area contributed by atoms with Crippen molar-refractivity contribution in [3.05, 3.63) is 29.8 Å². The van der Waals surface area contributed by atoms with E-state index in [1.807, 2.05) is 24.3 Å². The van der Waals surface area contributed by atoms with Gasteiger partial charge in [0.15, 0.2) is 0 Å². The number of benzene rings is 1. The lowest BCUT2D eigenvalue weighted by Crippen LogP contribution is -2.35. The number of rotatable bonds is 6. The summed E-state index contributed by atoms with van der Waals surface area (Å²) in [6, 6.07) is 7.49. The summed E-state index contributed by atoms with van der Waals surface area (Å²) in [4.78, 5) is 11.8. The van der Waals surface area contributed by atoms with Crippen molar-refractivity contribution < 1.29 is 14.3 Å². The summed E-state index contributed by atoms with van der Waals surface area (Å²) >= 11 is 0. The third-order valence-electron chi connectivity index (χ3n) is 3.08. The molecule has 1 aromatic carbocycles. The lowest BCUT2D eigenvalue weighted by Gasteiger charge is -2.23. The van der Waals surface area contributed by atoms with E-state index in [-0.39, 0.29) is 5.97 Å². The summed E-state index contributed by atoms with van der Waals surface area (Å²) in [6.07, 6.45) is 0.426. The van der Waals surface area contributed by atoms with E-state index in [1.165, 1.54) is 0 Å². The van der Waals surface area contributed by atoms with Crippen molar-refractivity contribution >= 4 is 11.7 Å². The van der Waals surface area contributed by atoms with Gasteiger partial charge in [0.1, 0.15) is 11.2 Å². The van der Waals surface area contributed by atoms with Gasteiger partial charge < -0.3 is 14.9 Å². The summed E-state index contributed by atoms with van der Waals surface area (Å²) < 4.78 is 10.1. The summed E-state index contributed by atoms with van der Waals surface area (Å²) in [5.74, 6) is 0.424. The van der Waals surface area contributed by atoms with Gasteiger partial charge in [-0.1, -0.05) is 12.1 Å². The number of hydrogen-bond donors (Lipinski definition) is 1. The average Bonchev–Trinajstić information content (AvgIpc) is 2.39. The van der Waals surface area contributed by atoms with Gasteiger partial charge in [0.05, 0.1) is 13.7 Å². The van der Waals surface area contributed by atoms with E-state index in [0.29, 0.717) is 18.7 Å². The van der Waals surface area contributed by atoms with E-state index >= 15 is 0 Å². The number of carbonyl (C=O) groups excluding carboxylic acids is 1. The molecule has 0 spiro atoms. The van der Waals surface area contributed by atoms with E-state index in [4.69, 9.17) is 14.9 Å². The quantitative estimate of drug-likeness (QED) is 0.634. The van der Waals surface area contributed by atoms with Crippen LogP contribution < -0.4 is 4.74 Å². The predicted octanol–water partition coefficient (Wildman–Crippen LogP) is 2.85. The van der Waals surface area contributed by atoms with Crippen LogP contribution in [0.2, 0.25) is 0 Å². The Bertz CT molecular complexity index is 449. The van der Waals surface area contributed by atoms with Crippen molar-refractivity contribution in [1.29, 1.82) is 5.41 Å². The van der Waals surface area contributed by atoms with Crippen molar-refractivity contribution in [1.82, 2.24) is 0 Å². The Morgan fingerprint density at radius 2 is 1.84 bits per heavy atom. The van der Waals surface area contributed by atoms with E-state index in [1.54, 1.807) is 27.9 Å². The first-order chi connectivity index (χ1) is 8.91. The maximum atomic E-state index is 11.8. The molecule has 4 nitrogen and oxygen atoms in total. The highest BCUT2D eigenvalue weighted by atomic mass is 16.5. The van der Waals surface area contributed by atoms with Crippen molar-refractivity contribution in [3.63, 3.8) is 0 Å². The topological polar surface area (TPSA) is 59.4 Å². The van der Waals surface area contributed by atoms with Gasteiger partial charge in [-0.05, 0) is 38.5 Å². The molecule has 0 atom stereocenters. The van der Waals surface area contributed by atoms with Gasteiger partial charge in [-0.2, -0.15) is 0 Å². The molecule has 0 aromatic heterocycles. The standard InChI is InChI=1S/C15H21NO3/c1-5-19-14(17)15(2,3)13(16)10-11-6-8-12(18-4)9-7-11/h6-9,16H,5,10H2,1-4H3. The average molecular weight is 263 g/mol. The molecule has 0 aliphatic rings. The molecule has 0 heterocycles. The van der Waals surface area contributed by atoms with Crippen LogP contribution in [0.15, 0.2) is 24.3 Å². The fourth-order valence-electron chi connectivity index (χ4n) is 1.60. The Morgan fingerprint density at radius 3 is 2.32 bits per heavy atom. The molecule has 104 valence electrons. The fourth-order valence-corrected chi connectivity index (χ4v) is 1.60. The Morgan fingerprint density at radius 1 is 1.26 bits per heavy atom. The number of hydrogen-bond acceptors (Lipinski definition) is 4. The lowest BCUT2D eigenvalue weighted by molar-refractivity contribution is -0.149. The van der Waals surface area contributed by atoms with E-state index < -0.39 is 5.41 Å². The van der Waals surface area contributed by atoms with Gasteiger partial charge in [0.2, 0.25) is 0 Å². The second-order valence-corrected chi connectivity index (χ2v) is 4.85. The van der Waals surface area contributed by atoms with Crippen LogP contribution in [-0.2, 0) is 16.0 Å². The molecule has 0 bridgehead atoms. The van der Waals surface area contributed by atoms with Gasteiger partial charge in [-0.15, -0.1) is 0 Å². The molecule has 0 aliphatic carbocycles. The van der Waals surface area contributed by atoms with Crippen LogP contribution in [0.4, 0.5) is 0 Å². The number of ether oxygens (including phenoxy) is 2. The smallest absolute Gasteiger partial charge is 0.317 e. The normalized spacial score (nSPS) is 10.9. The first kappa shape index (κ1) is 15.2. The maximum Gasteiger partial charge on any atom is 0.317 e. The Balaban J connectivity index is 2.74. The van der Waals surface area contributed by atoms with Crippen LogP contribution in [0.5, 0.6) is 5.75 Å². The Kier molecular flexibility index (Phi) is 5.10. The Labute approximate surface area is 114 Å². The molecular formula is C15H21NO3. The van der Waals surface area contributed by atoms with Crippen LogP contribution in [0.1, 0.15) is 26.3 Å². The predicted molar refractivity (Wildman–Crippen MR) is 74.8 cm³/mol. The van der Waals surface area contributed by atoms with Crippen LogP contribution >= 0.6 is 0 Å². The summed E-state index contributed by atoms with van der Waals surface area (Å²) in [5, 5.41) is 8.10. The van der Waals surface area contributed by atoms with Gasteiger partial charge >= 0.3 is 5.97 Å². The molecule has 1 rings (SSSR count). The second kappa shape index (κ2) is 6.36. The lowest BCUT2D eigenvalue weighted by atomic mass is 9.84. The van der Waals surface area contributed by atoms with Crippen molar-refractivity contribution in [3.8, 4) is 5.75 Å². The van der Waals surface area contributed by atoms with E-state index in [2.05, 4.69) is 0 Å². The van der Waals surface area contributed by atoms with Crippen LogP contribution in [0.25, 0.3) is 0 Å². The zero-order chi connectivity index (χ0) is 14.5. The second-order valence-electron chi connectivity index (χ2n) is 4.85. The highest BCUT2D eigenvalue weighted by molar-refractivity contribution is 6.05. The molecule has 4 heteroatoms. The fraction of sp³-hybridized carbons (Fsp3) is 0.467. The molecule has 0 radical (unpaired) electrons. The molecule has 0 saturated heterocycles. The number of nitrogens with one attached hydrogen (secondary N) is 1. The minimum Gasteiger partial charge on any atom is -0.497 e. The van der Waals surface area contributed by atoms with Crippen molar-refractivity contribution in [2.24, 2.45) is 5.41 Å². The van der Waals surface area contributed by atoms with Crippen LogP contribution in [-0.4, -0.2) is 25.4 Å². The number of esters is 1. The van der Waals surface area contributed by atoms with E-state index in [9.17, 15) is 4.79 Å². The molecule has 0 unspecified atom stereocenters. The first-order valence-corrected chi connectivity index (χ1v) is 6.29. The molecule has 0 fully saturated rings. The van der Waals surface area contributed by atoms with Gasteiger partial charge in [-0.3, -0.25) is 4.79 Å². The zero-order valence-electron chi connectivity index (χ0n) is 11.9. The van der Waals surface area contributed by atoms with Gasteiger partial charge in [0.25, 0.3) is 0 Å². The monoisotopic (exact) mass is 263 g/mol. The SMILES string of the molecule is CCOC(=O)C(C)(C)C(=N)Cc1ccc(OC)cc1. The summed E-state index contributed by atoms with van der Waals surface area (Å²) in [6.45, 7) is 5.53. The largest absolute Gasteiger partial charge is 0.497 e. The molecular weight excluding hydrogens is 242 g/mol. The summed E-state index contributed by atoms with van der Waals surface area (Å²) in [7, 11) is 1.61. The number of methoxy groups -OCH3 is 1. The highest BCUT2D eigenvalue weighted by Gasteiger charge is 2.33. The minimum absolute atomic E-state index is 0.331.